The Morgan fingerprint density at radius 2 is 1.85 bits per heavy atom. The molecular formula is C16H23NO3. The SMILES string of the molecule is COc1cc(C)c(C(=O)CCN2CCOCC2)c(C)c1. The molecule has 2 rings (SSSR count). The minimum Gasteiger partial charge on any atom is -0.497 e. The summed E-state index contributed by atoms with van der Waals surface area (Å²) in [5.41, 5.74) is 2.83. The fraction of sp³-hybridized carbons (Fsp3) is 0.562. The molecule has 4 heteroatoms. The molecule has 1 aliphatic heterocycles. The average Bonchev–Trinajstić information content (AvgIpc) is 2.45. The monoisotopic (exact) mass is 277 g/mol. The van der Waals surface area contributed by atoms with E-state index in [1.807, 2.05) is 26.0 Å². The molecule has 0 atom stereocenters. The van der Waals surface area contributed by atoms with E-state index in [1.165, 1.54) is 0 Å². The molecule has 0 bridgehead atoms. The molecule has 20 heavy (non-hydrogen) atoms. The minimum atomic E-state index is 0.217. The average molecular weight is 277 g/mol. The fourth-order valence-electron chi connectivity index (χ4n) is 2.69. The van der Waals surface area contributed by atoms with Crippen molar-refractivity contribution in [1.29, 1.82) is 0 Å². The van der Waals surface area contributed by atoms with Gasteiger partial charge >= 0.3 is 0 Å². The molecule has 0 aromatic heterocycles. The first kappa shape index (κ1) is 15.0. The number of aryl methyl sites for hydroxylation is 2. The third-order valence-corrected chi connectivity index (χ3v) is 3.78. The van der Waals surface area contributed by atoms with Crippen molar-refractivity contribution in [2.45, 2.75) is 20.3 Å². The lowest BCUT2D eigenvalue weighted by atomic mass is 9.97. The highest BCUT2D eigenvalue weighted by atomic mass is 16.5. The third-order valence-electron chi connectivity index (χ3n) is 3.78. The van der Waals surface area contributed by atoms with E-state index in [1.54, 1.807) is 7.11 Å². The van der Waals surface area contributed by atoms with Crippen LogP contribution in [0.5, 0.6) is 5.75 Å². The zero-order valence-electron chi connectivity index (χ0n) is 12.6. The van der Waals surface area contributed by atoms with Crippen LogP contribution in [-0.2, 0) is 4.74 Å². The Balaban J connectivity index is 2.01. The summed E-state index contributed by atoms with van der Waals surface area (Å²) in [6.45, 7) is 8.15. The van der Waals surface area contributed by atoms with Crippen molar-refractivity contribution >= 4 is 5.78 Å². The van der Waals surface area contributed by atoms with E-state index < -0.39 is 0 Å². The molecule has 1 fully saturated rings. The Bertz CT molecular complexity index is 456. The molecule has 1 aromatic rings. The summed E-state index contributed by atoms with van der Waals surface area (Å²) in [7, 11) is 1.65. The van der Waals surface area contributed by atoms with Crippen LogP contribution in [0.25, 0.3) is 0 Å². The minimum absolute atomic E-state index is 0.217. The van der Waals surface area contributed by atoms with E-state index in [0.29, 0.717) is 6.42 Å². The number of morpholine rings is 1. The van der Waals surface area contributed by atoms with Crippen LogP contribution in [-0.4, -0.2) is 50.6 Å². The van der Waals surface area contributed by atoms with Gasteiger partial charge in [-0.25, -0.2) is 0 Å². The van der Waals surface area contributed by atoms with Gasteiger partial charge in [0.15, 0.2) is 5.78 Å². The quantitative estimate of drug-likeness (QED) is 0.774. The van der Waals surface area contributed by atoms with Crippen LogP contribution in [0.4, 0.5) is 0 Å². The maximum atomic E-state index is 12.4. The summed E-state index contributed by atoms with van der Waals surface area (Å²) >= 11 is 0. The van der Waals surface area contributed by atoms with Gasteiger partial charge in [0.1, 0.15) is 5.75 Å². The number of ketones is 1. The summed E-state index contributed by atoms with van der Waals surface area (Å²) < 4.78 is 10.5. The maximum absolute atomic E-state index is 12.4. The van der Waals surface area contributed by atoms with Gasteiger partial charge in [0.2, 0.25) is 0 Å². The standard InChI is InChI=1S/C16H23NO3/c1-12-10-14(19-3)11-13(2)16(12)15(18)4-5-17-6-8-20-9-7-17/h10-11H,4-9H2,1-3H3. The molecule has 0 amide bonds. The van der Waals surface area contributed by atoms with Crippen molar-refractivity contribution < 1.29 is 14.3 Å². The summed E-state index contributed by atoms with van der Waals surface area (Å²) in [6, 6.07) is 3.85. The number of hydrogen-bond donors (Lipinski definition) is 0. The Morgan fingerprint density at radius 1 is 1.25 bits per heavy atom. The van der Waals surface area contributed by atoms with Gasteiger partial charge in [0.25, 0.3) is 0 Å². The molecule has 0 spiro atoms. The fourth-order valence-corrected chi connectivity index (χ4v) is 2.69. The highest BCUT2D eigenvalue weighted by Crippen LogP contribution is 2.23. The lowest BCUT2D eigenvalue weighted by Crippen LogP contribution is -2.37. The lowest BCUT2D eigenvalue weighted by molar-refractivity contribution is 0.0370. The highest BCUT2D eigenvalue weighted by Gasteiger charge is 2.16. The van der Waals surface area contributed by atoms with Gasteiger partial charge in [-0.15, -0.1) is 0 Å². The topological polar surface area (TPSA) is 38.8 Å². The van der Waals surface area contributed by atoms with Gasteiger partial charge in [-0.3, -0.25) is 9.69 Å². The van der Waals surface area contributed by atoms with Crippen LogP contribution in [0.2, 0.25) is 0 Å². The second-order valence-corrected chi connectivity index (χ2v) is 5.26. The summed E-state index contributed by atoms with van der Waals surface area (Å²) in [5, 5.41) is 0. The largest absolute Gasteiger partial charge is 0.497 e. The van der Waals surface area contributed by atoms with Crippen LogP contribution < -0.4 is 4.74 Å². The maximum Gasteiger partial charge on any atom is 0.164 e. The number of ether oxygens (including phenoxy) is 2. The lowest BCUT2D eigenvalue weighted by Gasteiger charge is -2.26. The first-order chi connectivity index (χ1) is 9.61. The van der Waals surface area contributed by atoms with Crippen LogP contribution in [0, 0.1) is 13.8 Å². The number of benzene rings is 1. The Kier molecular flexibility index (Phi) is 5.15. The van der Waals surface area contributed by atoms with Gasteiger partial charge in [-0.05, 0) is 37.1 Å². The molecule has 1 saturated heterocycles. The highest BCUT2D eigenvalue weighted by molar-refractivity contribution is 5.99. The molecule has 1 aliphatic rings. The third kappa shape index (κ3) is 3.58. The number of Topliss-reactive ketones (excluding diaryl/α,β-unsaturated/α-hetero) is 1. The Hall–Kier alpha value is -1.39. The van der Waals surface area contributed by atoms with E-state index in [9.17, 15) is 4.79 Å². The molecule has 0 unspecified atom stereocenters. The van der Waals surface area contributed by atoms with E-state index in [-0.39, 0.29) is 5.78 Å². The zero-order valence-corrected chi connectivity index (χ0v) is 12.6. The molecule has 0 radical (unpaired) electrons. The van der Waals surface area contributed by atoms with E-state index >= 15 is 0 Å². The molecule has 0 N–H and O–H groups in total. The predicted octanol–water partition coefficient (Wildman–Crippen LogP) is 2.22. The molecule has 0 saturated carbocycles. The molecule has 110 valence electrons. The van der Waals surface area contributed by atoms with Crippen LogP contribution >= 0.6 is 0 Å². The molecule has 1 heterocycles. The van der Waals surface area contributed by atoms with Crippen LogP contribution in [0.1, 0.15) is 27.9 Å². The predicted molar refractivity (Wildman–Crippen MR) is 78.7 cm³/mol. The number of rotatable bonds is 5. The normalized spacial score (nSPS) is 16.1. The molecule has 1 aromatic carbocycles. The summed E-state index contributed by atoms with van der Waals surface area (Å²) in [6.07, 6.45) is 0.564. The van der Waals surface area contributed by atoms with Gasteiger partial charge < -0.3 is 9.47 Å². The van der Waals surface area contributed by atoms with Crippen molar-refractivity contribution in [3.05, 3.63) is 28.8 Å². The first-order valence-electron chi connectivity index (χ1n) is 7.10. The molecule has 0 aliphatic carbocycles. The number of nitrogens with zero attached hydrogens (tertiary/aromatic N) is 1. The van der Waals surface area contributed by atoms with Crippen molar-refractivity contribution in [3.63, 3.8) is 0 Å². The summed E-state index contributed by atoms with van der Waals surface area (Å²) in [5.74, 6) is 1.03. The second-order valence-electron chi connectivity index (χ2n) is 5.26. The van der Waals surface area contributed by atoms with Gasteiger partial charge in [-0.1, -0.05) is 0 Å². The molecule has 4 nitrogen and oxygen atoms in total. The Morgan fingerprint density at radius 3 is 2.40 bits per heavy atom. The van der Waals surface area contributed by atoms with Crippen molar-refractivity contribution in [3.8, 4) is 5.75 Å². The second kappa shape index (κ2) is 6.86. The van der Waals surface area contributed by atoms with Gasteiger partial charge in [-0.2, -0.15) is 0 Å². The van der Waals surface area contributed by atoms with Crippen LogP contribution in [0.3, 0.4) is 0 Å². The smallest absolute Gasteiger partial charge is 0.164 e. The first-order valence-corrected chi connectivity index (χ1v) is 7.10. The van der Waals surface area contributed by atoms with Crippen molar-refractivity contribution in [2.75, 3.05) is 40.0 Å². The van der Waals surface area contributed by atoms with E-state index in [4.69, 9.17) is 9.47 Å². The van der Waals surface area contributed by atoms with E-state index in [0.717, 1.165) is 55.3 Å². The number of carbonyl (C=O) groups is 1. The number of methoxy groups -OCH3 is 1. The zero-order chi connectivity index (χ0) is 14.5. The number of carbonyl (C=O) groups excluding carboxylic acids is 1. The summed E-state index contributed by atoms with van der Waals surface area (Å²) in [4.78, 5) is 14.7. The molecular weight excluding hydrogens is 254 g/mol. The van der Waals surface area contributed by atoms with Gasteiger partial charge in [0, 0.05) is 31.6 Å². The van der Waals surface area contributed by atoms with E-state index in [2.05, 4.69) is 4.90 Å². The van der Waals surface area contributed by atoms with Crippen LogP contribution in [0.15, 0.2) is 12.1 Å². The van der Waals surface area contributed by atoms with Gasteiger partial charge in [0.05, 0.1) is 20.3 Å². The van der Waals surface area contributed by atoms with Crippen molar-refractivity contribution in [2.24, 2.45) is 0 Å². The number of hydrogen-bond acceptors (Lipinski definition) is 4. The van der Waals surface area contributed by atoms with Crippen molar-refractivity contribution in [1.82, 2.24) is 4.90 Å². The Labute approximate surface area is 120 Å².